The Labute approximate surface area is 97.0 Å². The van der Waals surface area contributed by atoms with E-state index in [4.69, 9.17) is 0 Å². The van der Waals surface area contributed by atoms with Crippen LogP contribution in [0.5, 0.6) is 0 Å². The molecule has 2 aliphatic rings. The molecule has 1 aliphatic carbocycles. The number of hydrogen-bond donors (Lipinski definition) is 1. The maximum Gasteiger partial charge on any atom is 0.251 e. The van der Waals surface area contributed by atoms with Gasteiger partial charge < -0.3 is 5.32 Å². The van der Waals surface area contributed by atoms with Crippen LogP contribution in [0.1, 0.15) is 51.4 Å². The monoisotopic (exact) mass is 231 g/mol. The highest BCUT2D eigenvalue weighted by atomic mass is 19.3. The van der Waals surface area contributed by atoms with Gasteiger partial charge in [0.2, 0.25) is 0 Å². The van der Waals surface area contributed by atoms with Crippen LogP contribution in [0.4, 0.5) is 8.78 Å². The van der Waals surface area contributed by atoms with E-state index in [1.807, 2.05) is 0 Å². The first-order chi connectivity index (χ1) is 7.68. The van der Waals surface area contributed by atoms with Gasteiger partial charge in [0.1, 0.15) is 0 Å². The van der Waals surface area contributed by atoms with Gasteiger partial charge in [0.25, 0.3) is 5.92 Å². The van der Waals surface area contributed by atoms with E-state index in [9.17, 15) is 8.78 Å². The van der Waals surface area contributed by atoms with Crippen LogP contribution in [0.25, 0.3) is 0 Å². The van der Waals surface area contributed by atoms with Crippen molar-refractivity contribution in [1.29, 1.82) is 0 Å². The highest BCUT2D eigenvalue weighted by Gasteiger charge is 2.41. The molecule has 1 saturated carbocycles. The molecule has 1 nitrogen and oxygen atoms in total. The fourth-order valence-electron chi connectivity index (χ4n) is 3.16. The van der Waals surface area contributed by atoms with Gasteiger partial charge in [-0.3, -0.25) is 0 Å². The molecule has 0 aromatic rings. The average molecular weight is 231 g/mol. The van der Waals surface area contributed by atoms with Crippen molar-refractivity contribution in [2.45, 2.75) is 57.3 Å². The zero-order chi connectivity index (χ0) is 11.4. The maximum absolute atomic E-state index is 14.1. The minimum absolute atomic E-state index is 0.138. The summed E-state index contributed by atoms with van der Waals surface area (Å²) in [6, 6.07) is 0. The van der Waals surface area contributed by atoms with E-state index >= 15 is 0 Å². The van der Waals surface area contributed by atoms with Gasteiger partial charge in [0.05, 0.1) is 0 Å². The number of alkyl halides is 2. The zero-order valence-electron chi connectivity index (χ0n) is 9.98. The van der Waals surface area contributed by atoms with Gasteiger partial charge in [-0.1, -0.05) is 19.3 Å². The Morgan fingerprint density at radius 2 is 1.56 bits per heavy atom. The molecule has 1 saturated heterocycles. The van der Waals surface area contributed by atoms with Crippen LogP contribution in [0.2, 0.25) is 0 Å². The molecule has 94 valence electrons. The normalized spacial score (nSPS) is 25.9. The van der Waals surface area contributed by atoms with E-state index in [-0.39, 0.29) is 18.3 Å². The average Bonchev–Trinajstić information content (AvgIpc) is 2.31. The maximum atomic E-state index is 14.1. The number of nitrogens with one attached hydrogen (secondary N) is 1. The Morgan fingerprint density at radius 1 is 0.938 bits per heavy atom. The number of halogens is 2. The van der Waals surface area contributed by atoms with Crippen LogP contribution < -0.4 is 5.32 Å². The van der Waals surface area contributed by atoms with E-state index in [1.165, 1.54) is 0 Å². The van der Waals surface area contributed by atoms with Gasteiger partial charge in [-0.2, -0.15) is 0 Å². The summed E-state index contributed by atoms with van der Waals surface area (Å²) in [5.74, 6) is -2.48. The lowest BCUT2D eigenvalue weighted by Gasteiger charge is -2.33. The summed E-state index contributed by atoms with van der Waals surface area (Å²) < 4.78 is 28.1. The second kappa shape index (κ2) is 5.44. The van der Waals surface area contributed by atoms with Gasteiger partial charge >= 0.3 is 0 Å². The van der Waals surface area contributed by atoms with Crippen molar-refractivity contribution in [1.82, 2.24) is 5.32 Å². The third-order valence-corrected chi connectivity index (χ3v) is 4.22. The third kappa shape index (κ3) is 3.16. The summed E-state index contributed by atoms with van der Waals surface area (Å²) in [7, 11) is 0. The first-order valence-electron chi connectivity index (χ1n) is 6.77. The lowest BCUT2D eigenvalue weighted by molar-refractivity contribution is -0.0907. The summed E-state index contributed by atoms with van der Waals surface area (Å²) in [5, 5.41) is 3.24. The largest absolute Gasteiger partial charge is 0.317 e. The molecule has 16 heavy (non-hydrogen) atoms. The second-order valence-electron chi connectivity index (χ2n) is 5.49. The fourth-order valence-corrected chi connectivity index (χ4v) is 3.16. The first kappa shape index (κ1) is 12.3. The van der Waals surface area contributed by atoms with E-state index in [0.717, 1.165) is 58.0 Å². The molecule has 1 N–H and O–H groups in total. The van der Waals surface area contributed by atoms with Crippen molar-refractivity contribution < 1.29 is 8.78 Å². The Kier molecular flexibility index (Phi) is 4.17. The predicted octanol–water partition coefficient (Wildman–Crippen LogP) is 3.59. The van der Waals surface area contributed by atoms with Crippen LogP contribution >= 0.6 is 0 Å². The predicted molar refractivity (Wildman–Crippen MR) is 61.7 cm³/mol. The molecule has 2 rings (SSSR count). The lowest BCUT2D eigenvalue weighted by atomic mass is 9.79. The molecule has 0 aromatic heterocycles. The van der Waals surface area contributed by atoms with E-state index in [0.29, 0.717) is 0 Å². The number of piperidine rings is 1. The number of hydrogen-bond acceptors (Lipinski definition) is 1. The van der Waals surface area contributed by atoms with E-state index < -0.39 is 5.92 Å². The van der Waals surface area contributed by atoms with Crippen LogP contribution in [-0.4, -0.2) is 19.0 Å². The first-order valence-corrected chi connectivity index (χ1v) is 6.77. The Hall–Kier alpha value is -0.180. The minimum Gasteiger partial charge on any atom is -0.317 e. The molecule has 3 heteroatoms. The van der Waals surface area contributed by atoms with Crippen molar-refractivity contribution >= 4 is 0 Å². The quantitative estimate of drug-likeness (QED) is 0.782. The molecular formula is C13H23F2N. The van der Waals surface area contributed by atoms with Crippen LogP contribution in [0, 0.1) is 11.8 Å². The molecule has 0 radical (unpaired) electrons. The SMILES string of the molecule is FC(F)(CC1CCNCC1)C1CCCCC1. The molecule has 0 unspecified atom stereocenters. The molecule has 2 fully saturated rings. The molecule has 0 bridgehead atoms. The third-order valence-electron chi connectivity index (χ3n) is 4.22. The van der Waals surface area contributed by atoms with Crippen molar-refractivity contribution in [3.8, 4) is 0 Å². The van der Waals surface area contributed by atoms with Crippen molar-refractivity contribution in [2.24, 2.45) is 11.8 Å². The Balaban J connectivity index is 1.84. The van der Waals surface area contributed by atoms with Gasteiger partial charge in [-0.05, 0) is 44.7 Å². The lowest BCUT2D eigenvalue weighted by Crippen LogP contribution is -2.36. The van der Waals surface area contributed by atoms with Crippen molar-refractivity contribution in [2.75, 3.05) is 13.1 Å². The van der Waals surface area contributed by atoms with Crippen LogP contribution in [0.15, 0.2) is 0 Å². The molecular weight excluding hydrogens is 208 g/mol. The summed E-state index contributed by atoms with van der Waals surface area (Å²) in [4.78, 5) is 0. The zero-order valence-corrected chi connectivity index (χ0v) is 9.98. The molecule has 0 spiro atoms. The highest BCUT2D eigenvalue weighted by molar-refractivity contribution is 4.84. The molecule has 0 atom stereocenters. The Bertz CT molecular complexity index is 206. The molecule has 0 aromatic carbocycles. The molecule has 1 heterocycles. The van der Waals surface area contributed by atoms with Crippen molar-refractivity contribution in [3.05, 3.63) is 0 Å². The van der Waals surface area contributed by atoms with Crippen molar-refractivity contribution in [3.63, 3.8) is 0 Å². The van der Waals surface area contributed by atoms with Gasteiger partial charge in [-0.25, -0.2) is 8.78 Å². The summed E-state index contributed by atoms with van der Waals surface area (Å²) >= 11 is 0. The standard InChI is InChI=1S/C13H23F2N/c14-13(15,12-4-2-1-3-5-12)10-11-6-8-16-9-7-11/h11-12,16H,1-10H2. The van der Waals surface area contributed by atoms with E-state index in [1.54, 1.807) is 0 Å². The van der Waals surface area contributed by atoms with E-state index in [2.05, 4.69) is 5.32 Å². The number of rotatable bonds is 3. The molecule has 0 amide bonds. The van der Waals surface area contributed by atoms with Gasteiger partial charge in [0.15, 0.2) is 0 Å². The second-order valence-corrected chi connectivity index (χ2v) is 5.49. The fraction of sp³-hybridized carbons (Fsp3) is 1.00. The topological polar surface area (TPSA) is 12.0 Å². The molecule has 1 aliphatic heterocycles. The Morgan fingerprint density at radius 3 is 2.19 bits per heavy atom. The van der Waals surface area contributed by atoms with Gasteiger partial charge in [0, 0.05) is 12.3 Å². The van der Waals surface area contributed by atoms with Crippen LogP contribution in [0.3, 0.4) is 0 Å². The summed E-state index contributed by atoms with van der Waals surface area (Å²) in [6.07, 6.45) is 6.67. The smallest absolute Gasteiger partial charge is 0.251 e. The highest BCUT2D eigenvalue weighted by Crippen LogP contribution is 2.41. The minimum atomic E-state index is -2.40. The van der Waals surface area contributed by atoms with Gasteiger partial charge in [-0.15, -0.1) is 0 Å². The van der Waals surface area contributed by atoms with Crippen LogP contribution in [-0.2, 0) is 0 Å². The summed E-state index contributed by atoms with van der Waals surface area (Å²) in [5.41, 5.74) is 0. The summed E-state index contributed by atoms with van der Waals surface area (Å²) in [6.45, 7) is 1.84.